The van der Waals surface area contributed by atoms with Crippen LogP contribution in [-0.4, -0.2) is 25.3 Å². The maximum atomic E-state index is 11.0. The summed E-state index contributed by atoms with van der Waals surface area (Å²) in [6, 6.07) is 8.40. The van der Waals surface area contributed by atoms with E-state index in [-0.39, 0.29) is 5.78 Å². The number of unbranched alkanes of at least 4 members (excludes halogenated alkanes) is 1. The van der Waals surface area contributed by atoms with Crippen molar-refractivity contribution in [1.29, 1.82) is 0 Å². The number of benzene rings is 1. The van der Waals surface area contributed by atoms with Gasteiger partial charge >= 0.3 is 0 Å². The Hall–Kier alpha value is -2.43. The summed E-state index contributed by atoms with van der Waals surface area (Å²) in [5, 5.41) is 9.44. The van der Waals surface area contributed by atoms with Crippen molar-refractivity contribution < 1.29 is 4.79 Å². The fraction of sp³-hybridized carbons (Fsp3) is 0.353. The summed E-state index contributed by atoms with van der Waals surface area (Å²) in [5.41, 5.74) is 3.31. The Morgan fingerprint density at radius 1 is 1.23 bits per heavy atom. The highest BCUT2D eigenvalue weighted by molar-refractivity contribution is 5.82. The molecule has 0 saturated carbocycles. The first-order valence-electron chi connectivity index (χ1n) is 7.59. The number of hydrogen-bond acceptors (Lipinski definition) is 3. The van der Waals surface area contributed by atoms with E-state index in [4.69, 9.17) is 0 Å². The van der Waals surface area contributed by atoms with Gasteiger partial charge in [-0.25, -0.2) is 4.68 Å². The van der Waals surface area contributed by atoms with Gasteiger partial charge < -0.3 is 9.36 Å². The van der Waals surface area contributed by atoms with E-state index in [0.29, 0.717) is 6.42 Å². The normalized spacial score (nSPS) is 11.2. The lowest BCUT2D eigenvalue weighted by Crippen LogP contribution is -2.03. The van der Waals surface area contributed by atoms with Gasteiger partial charge in [-0.3, -0.25) is 0 Å². The molecular formula is C17H20N4O. The van der Waals surface area contributed by atoms with Crippen molar-refractivity contribution in [2.45, 2.75) is 32.6 Å². The summed E-state index contributed by atoms with van der Waals surface area (Å²) in [6.07, 6.45) is 7.28. The highest BCUT2D eigenvalue weighted by Gasteiger charge is 2.08. The van der Waals surface area contributed by atoms with Crippen molar-refractivity contribution in [3.05, 3.63) is 42.4 Å². The van der Waals surface area contributed by atoms with Crippen LogP contribution in [0.25, 0.3) is 16.6 Å². The molecule has 0 aliphatic carbocycles. The summed E-state index contributed by atoms with van der Waals surface area (Å²) in [7, 11) is 2.04. The number of ketones is 1. The highest BCUT2D eigenvalue weighted by atomic mass is 16.1. The Labute approximate surface area is 129 Å². The molecule has 5 nitrogen and oxygen atoms in total. The summed E-state index contributed by atoms with van der Waals surface area (Å²) in [6.45, 7) is 1.64. The summed E-state index contributed by atoms with van der Waals surface area (Å²) < 4.78 is 3.99. The van der Waals surface area contributed by atoms with E-state index in [1.165, 1.54) is 10.9 Å². The second-order valence-electron chi connectivity index (χ2n) is 5.72. The molecule has 0 radical (unpaired) electrons. The Bertz CT molecular complexity index is 800. The molecule has 0 aliphatic heterocycles. The van der Waals surface area contributed by atoms with E-state index in [1.54, 1.807) is 6.92 Å². The van der Waals surface area contributed by atoms with E-state index < -0.39 is 0 Å². The molecule has 0 unspecified atom stereocenters. The van der Waals surface area contributed by atoms with Crippen LogP contribution in [0.3, 0.4) is 0 Å². The molecule has 3 aromatic rings. The zero-order valence-corrected chi connectivity index (χ0v) is 13.0. The van der Waals surface area contributed by atoms with Crippen LogP contribution in [0.15, 0.2) is 36.7 Å². The van der Waals surface area contributed by atoms with Gasteiger partial charge in [0.15, 0.2) is 0 Å². The minimum absolute atomic E-state index is 0.251. The Balaban J connectivity index is 1.79. The van der Waals surface area contributed by atoms with Crippen LogP contribution >= 0.6 is 0 Å². The van der Waals surface area contributed by atoms with Gasteiger partial charge in [0.05, 0.1) is 17.6 Å². The molecule has 0 atom stereocenters. The third kappa shape index (κ3) is 2.93. The molecule has 0 amide bonds. The number of aryl methyl sites for hydroxylation is 2. The second kappa shape index (κ2) is 6.13. The zero-order chi connectivity index (χ0) is 15.5. The number of carbonyl (C=O) groups is 1. The lowest BCUT2D eigenvalue weighted by Gasteiger charge is -2.07. The summed E-state index contributed by atoms with van der Waals surface area (Å²) in [5.74, 6) is 0.251. The Morgan fingerprint density at radius 2 is 2.09 bits per heavy atom. The molecule has 3 rings (SSSR count). The predicted molar refractivity (Wildman–Crippen MR) is 86.1 cm³/mol. The predicted octanol–water partition coefficient (Wildman–Crippen LogP) is 3.06. The largest absolute Gasteiger partial charge is 0.351 e. The molecule has 0 saturated heterocycles. The maximum absolute atomic E-state index is 11.0. The number of Topliss-reactive ketones (excluding diaryl/α,β-unsaturated/α-hetero) is 1. The van der Waals surface area contributed by atoms with Crippen molar-refractivity contribution in [3.63, 3.8) is 0 Å². The number of rotatable bonds is 6. The standard InChI is InChI=1S/C17H20N4O/c1-13(22)5-3-4-6-16-12-18-19-21(16)15-7-8-17-14(11-15)9-10-20(17)2/h7-12H,3-6H2,1-2H3. The first-order chi connectivity index (χ1) is 10.6. The molecule has 22 heavy (non-hydrogen) atoms. The van der Waals surface area contributed by atoms with Gasteiger partial charge in [-0.05, 0) is 50.5 Å². The van der Waals surface area contributed by atoms with Crippen molar-refractivity contribution in [3.8, 4) is 5.69 Å². The number of carbonyl (C=O) groups excluding carboxylic acids is 1. The van der Waals surface area contributed by atoms with Gasteiger partial charge in [0, 0.05) is 30.6 Å². The summed E-state index contributed by atoms with van der Waals surface area (Å²) >= 11 is 0. The van der Waals surface area contributed by atoms with Gasteiger partial charge in [-0.15, -0.1) is 5.10 Å². The van der Waals surface area contributed by atoms with Crippen molar-refractivity contribution in [2.24, 2.45) is 7.05 Å². The topological polar surface area (TPSA) is 52.7 Å². The number of aromatic nitrogens is 4. The van der Waals surface area contributed by atoms with Crippen LogP contribution < -0.4 is 0 Å². The number of hydrogen-bond donors (Lipinski definition) is 0. The third-order valence-electron chi connectivity index (χ3n) is 3.95. The average molecular weight is 296 g/mol. The average Bonchev–Trinajstić information content (AvgIpc) is 3.10. The number of nitrogens with zero attached hydrogens (tertiary/aromatic N) is 4. The van der Waals surface area contributed by atoms with Gasteiger partial charge in [0.25, 0.3) is 0 Å². The van der Waals surface area contributed by atoms with Crippen LogP contribution in [0.2, 0.25) is 0 Å². The second-order valence-corrected chi connectivity index (χ2v) is 5.72. The van der Waals surface area contributed by atoms with Crippen LogP contribution in [0.5, 0.6) is 0 Å². The fourth-order valence-corrected chi connectivity index (χ4v) is 2.72. The molecule has 0 N–H and O–H groups in total. The van der Waals surface area contributed by atoms with Crippen LogP contribution in [0, 0.1) is 0 Å². The first-order valence-corrected chi connectivity index (χ1v) is 7.59. The molecule has 0 aliphatic rings. The lowest BCUT2D eigenvalue weighted by atomic mass is 10.1. The molecule has 2 aromatic heterocycles. The van der Waals surface area contributed by atoms with Gasteiger partial charge in [-0.2, -0.15) is 0 Å². The van der Waals surface area contributed by atoms with Crippen molar-refractivity contribution >= 4 is 16.7 Å². The first kappa shape index (κ1) is 14.5. The van der Waals surface area contributed by atoms with E-state index in [9.17, 15) is 4.79 Å². The quantitative estimate of drug-likeness (QED) is 0.657. The monoisotopic (exact) mass is 296 g/mol. The van der Waals surface area contributed by atoms with Gasteiger partial charge in [0.2, 0.25) is 0 Å². The van der Waals surface area contributed by atoms with Crippen molar-refractivity contribution in [2.75, 3.05) is 0 Å². The molecule has 1 aromatic carbocycles. The smallest absolute Gasteiger partial charge is 0.129 e. The molecule has 114 valence electrons. The van der Waals surface area contributed by atoms with Crippen molar-refractivity contribution in [1.82, 2.24) is 19.6 Å². The fourth-order valence-electron chi connectivity index (χ4n) is 2.72. The molecular weight excluding hydrogens is 276 g/mol. The van der Waals surface area contributed by atoms with Crippen LogP contribution in [0.1, 0.15) is 31.9 Å². The minimum Gasteiger partial charge on any atom is -0.351 e. The molecule has 2 heterocycles. The Morgan fingerprint density at radius 3 is 2.91 bits per heavy atom. The van der Waals surface area contributed by atoms with Crippen LogP contribution in [-0.2, 0) is 18.3 Å². The molecule has 0 fully saturated rings. The molecule has 5 heteroatoms. The Kier molecular flexibility index (Phi) is 4.04. The minimum atomic E-state index is 0.251. The number of fused-ring (bicyclic) bond motifs is 1. The maximum Gasteiger partial charge on any atom is 0.129 e. The van der Waals surface area contributed by atoms with E-state index in [2.05, 4.69) is 45.3 Å². The molecule has 0 spiro atoms. The van der Waals surface area contributed by atoms with E-state index >= 15 is 0 Å². The van der Waals surface area contributed by atoms with Crippen LogP contribution in [0.4, 0.5) is 0 Å². The molecule has 0 bridgehead atoms. The van der Waals surface area contributed by atoms with Gasteiger partial charge in [0.1, 0.15) is 5.78 Å². The highest BCUT2D eigenvalue weighted by Crippen LogP contribution is 2.20. The SMILES string of the molecule is CC(=O)CCCCc1cnnn1-c1ccc2c(ccn2C)c1. The zero-order valence-electron chi connectivity index (χ0n) is 13.0. The van der Waals surface area contributed by atoms with E-state index in [1.807, 2.05) is 17.9 Å². The third-order valence-corrected chi connectivity index (χ3v) is 3.95. The lowest BCUT2D eigenvalue weighted by molar-refractivity contribution is -0.117. The van der Waals surface area contributed by atoms with E-state index in [0.717, 1.165) is 30.6 Å². The summed E-state index contributed by atoms with van der Waals surface area (Å²) in [4.78, 5) is 11.0. The van der Waals surface area contributed by atoms with Gasteiger partial charge in [-0.1, -0.05) is 5.21 Å².